The Kier molecular flexibility index (Phi) is 4.91. The maximum atomic E-state index is 4.16. The van der Waals surface area contributed by atoms with Crippen molar-refractivity contribution < 1.29 is 0 Å². The maximum Gasteiger partial charge on any atom is 0.0302 e. The summed E-state index contributed by atoms with van der Waals surface area (Å²) in [5, 5.41) is 0. The summed E-state index contributed by atoms with van der Waals surface area (Å²) in [6.45, 7) is 5.52. The monoisotopic (exact) mass is 204 g/mol. The molecule has 2 heteroatoms. The number of rotatable bonds is 2. The first kappa shape index (κ1) is 9.05. The average Bonchev–Trinajstić information content (AvgIpc) is 1.87. The molecule has 0 N–H and O–H groups in total. The number of hydrogen-bond acceptors (Lipinski definition) is 1. The zero-order valence-electron chi connectivity index (χ0n) is 5.26. The third kappa shape index (κ3) is 3.60. The Morgan fingerprint density at radius 2 is 2.22 bits per heavy atom. The zero-order chi connectivity index (χ0) is 7.28. The summed E-state index contributed by atoms with van der Waals surface area (Å²) < 4.78 is 0.920. The van der Waals surface area contributed by atoms with E-state index in [9.17, 15) is 0 Å². The number of allylic oxidation sites excluding steroid dienone is 4. The van der Waals surface area contributed by atoms with Gasteiger partial charge in [0.25, 0.3) is 0 Å². The molecule has 0 aromatic carbocycles. The Labute approximate surface area is 69.9 Å². The lowest BCUT2D eigenvalue weighted by Gasteiger charge is -1.90. The van der Waals surface area contributed by atoms with Crippen LogP contribution < -0.4 is 0 Å². The van der Waals surface area contributed by atoms with Gasteiger partial charge in [0.05, 0.1) is 0 Å². The van der Waals surface area contributed by atoms with Crippen LogP contribution in [-0.2, 0) is 0 Å². The summed E-state index contributed by atoms with van der Waals surface area (Å²) in [6, 6.07) is 0. The fourth-order valence-corrected chi connectivity index (χ4v) is 0.715. The van der Waals surface area contributed by atoms with E-state index in [1.54, 1.807) is 6.08 Å². The molecule has 9 heavy (non-hydrogen) atoms. The molecule has 0 aliphatic rings. The van der Waals surface area contributed by atoms with Gasteiger partial charge in [0.2, 0.25) is 0 Å². The van der Waals surface area contributed by atoms with Crippen LogP contribution in [0.25, 0.3) is 0 Å². The van der Waals surface area contributed by atoms with E-state index < -0.39 is 0 Å². The van der Waals surface area contributed by atoms with E-state index in [-0.39, 0.29) is 0 Å². The van der Waals surface area contributed by atoms with Crippen LogP contribution in [0.1, 0.15) is 6.92 Å². The van der Waals surface area contributed by atoms with Crippen molar-refractivity contribution in [2.75, 3.05) is 0 Å². The van der Waals surface area contributed by atoms with Crippen LogP contribution in [0.2, 0.25) is 0 Å². The summed E-state index contributed by atoms with van der Waals surface area (Å²) in [5.74, 6) is 0. The van der Waals surface area contributed by atoms with Crippen molar-refractivity contribution in [2.45, 2.75) is 6.92 Å². The molecule has 50 valence electrons. The molecule has 0 aliphatic heterocycles. The Morgan fingerprint density at radius 1 is 1.67 bits per heavy atom. The van der Waals surface area contributed by atoms with Crippen LogP contribution >= 0.6 is 28.6 Å². The van der Waals surface area contributed by atoms with Crippen molar-refractivity contribution in [3.8, 4) is 0 Å². The van der Waals surface area contributed by atoms with Crippen LogP contribution in [0, 0.1) is 0 Å². The predicted octanol–water partition coefficient (Wildman–Crippen LogP) is 3.28. The SMILES string of the molecule is C=C/C(Br)=C(S)\C=C/C. The number of hydrogen-bond donors (Lipinski definition) is 1. The van der Waals surface area contributed by atoms with Gasteiger partial charge in [-0.15, -0.1) is 12.6 Å². The highest BCUT2D eigenvalue weighted by Gasteiger charge is 1.87. The quantitative estimate of drug-likeness (QED) is 0.519. The second kappa shape index (κ2) is 4.89. The van der Waals surface area contributed by atoms with Crippen molar-refractivity contribution in [2.24, 2.45) is 0 Å². The first-order chi connectivity index (χ1) is 4.22. The van der Waals surface area contributed by atoms with Crippen molar-refractivity contribution in [1.29, 1.82) is 0 Å². The Bertz CT molecular complexity index is 156. The summed E-state index contributed by atoms with van der Waals surface area (Å²) in [5.41, 5.74) is 0. The van der Waals surface area contributed by atoms with Gasteiger partial charge < -0.3 is 0 Å². The van der Waals surface area contributed by atoms with Gasteiger partial charge >= 0.3 is 0 Å². The molecule has 0 bridgehead atoms. The van der Waals surface area contributed by atoms with E-state index in [1.807, 2.05) is 19.1 Å². The highest BCUT2D eigenvalue weighted by molar-refractivity contribution is 9.12. The van der Waals surface area contributed by atoms with Gasteiger partial charge in [-0.05, 0) is 22.9 Å². The highest BCUT2D eigenvalue weighted by Crippen LogP contribution is 2.16. The lowest BCUT2D eigenvalue weighted by Crippen LogP contribution is -1.65. The van der Waals surface area contributed by atoms with Crippen molar-refractivity contribution in [3.05, 3.63) is 34.2 Å². The summed E-state index contributed by atoms with van der Waals surface area (Å²) in [6.07, 6.45) is 5.53. The number of halogens is 1. The molecule has 0 atom stereocenters. The molecular weight excluding hydrogens is 196 g/mol. The molecular formula is C7H9BrS. The average molecular weight is 205 g/mol. The molecule has 0 saturated heterocycles. The standard InChI is InChI=1S/C7H9BrS/c1-3-5-7(9)6(8)4-2/h3-5,9H,2H2,1H3/b5-3-,7-6-. The molecule has 0 aromatic heterocycles. The van der Waals surface area contributed by atoms with E-state index in [2.05, 4.69) is 35.1 Å². The zero-order valence-corrected chi connectivity index (χ0v) is 7.74. The van der Waals surface area contributed by atoms with E-state index in [0.717, 1.165) is 9.39 Å². The molecule has 0 heterocycles. The van der Waals surface area contributed by atoms with Gasteiger partial charge in [-0.2, -0.15) is 0 Å². The van der Waals surface area contributed by atoms with E-state index in [0.29, 0.717) is 0 Å². The minimum Gasteiger partial charge on any atom is -0.142 e. The normalized spacial score (nSPS) is 13.7. The second-order valence-electron chi connectivity index (χ2n) is 1.44. The van der Waals surface area contributed by atoms with Crippen LogP contribution in [0.3, 0.4) is 0 Å². The molecule has 0 aromatic rings. The molecule has 0 saturated carbocycles. The third-order valence-electron chi connectivity index (χ3n) is 0.748. The molecule has 0 nitrogen and oxygen atoms in total. The van der Waals surface area contributed by atoms with Crippen LogP contribution in [0.15, 0.2) is 34.2 Å². The van der Waals surface area contributed by atoms with Crippen LogP contribution in [0.5, 0.6) is 0 Å². The van der Waals surface area contributed by atoms with Crippen molar-refractivity contribution in [1.82, 2.24) is 0 Å². The predicted molar refractivity (Wildman–Crippen MR) is 50.0 cm³/mol. The van der Waals surface area contributed by atoms with Crippen molar-refractivity contribution >= 4 is 28.6 Å². The van der Waals surface area contributed by atoms with Gasteiger partial charge in [-0.1, -0.05) is 24.8 Å². The minimum atomic E-state index is 0.896. The first-order valence-electron chi connectivity index (χ1n) is 2.56. The lowest BCUT2D eigenvalue weighted by atomic mass is 10.4. The Balaban J connectivity index is 4.27. The maximum absolute atomic E-state index is 4.16. The highest BCUT2D eigenvalue weighted by atomic mass is 79.9. The molecule has 0 aliphatic carbocycles. The summed E-state index contributed by atoms with van der Waals surface area (Å²) in [7, 11) is 0. The summed E-state index contributed by atoms with van der Waals surface area (Å²) >= 11 is 7.44. The molecule has 0 unspecified atom stereocenters. The summed E-state index contributed by atoms with van der Waals surface area (Å²) in [4.78, 5) is 0.896. The van der Waals surface area contributed by atoms with E-state index in [1.165, 1.54) is 0 Å². The van der Waals surface area contributed by atoms with Crippen LogP contribution in [0.4, 0.5) is 0 Å². The molecule has 0 fully saturated rings. The van der Waals surface area contributed by atoms with Gasteiger partial charge in [0, 0.05) is 9.39 Å². The van der Waals surface area contributed by atoms with E-state index in [4.69, 9.17) is 0 Å². The fraction of sp³-hybridized carbons (Fsp3) is 0.143. The van der Waals surface area contributed by atoms with Crippen LogP contribution in [-0.4, -0.2) is 0 Å². The molecule has 0 rings (SSSR count). The molecule has 0 radical (unpaired) electrons. The fourth-order valence-electron chi connectivity index (χ4n) is 0.342. The lowest BCUT2D eigenvalue weighted by molar-refractivity contribution is 1.71. The van der Waals surface area contributed by atoms with Gasteiger partial charge in [0.15, 0.2) is 0 Å². The largest absolute Gasteiger partial charge is 0.142 e. The van der Waals surface area contributed by atoms with Gasteiger partial charge in [-0.25, -0.2) is 0 Å². The second-order valence-corrected chi connectivity index (χ2v) is 2.77. The van der Waals surface area contributed by atoms with Gasteiger partial charge in [-0.3, -0.25) is 0 Å². The third-order valence-corrected chi connectivity index (χ3v) is 2.20. The Hall–Kier alpha value is 0.0500. The van der Waals surface area contributed by atoms with Crippen molar-refractivity contribution in [3.63, 3.8) is 0 Å². The first-order valence-corrected chi connectivity index (χ1v) is 3.80. The molecule has 0 amide bonds. The number of thiol groups is 1. The molecule has 0 spiro atoms. The Morgan fingerprint density at radius 3 is 2.56 bits per heavy atom. The topological polar surface area (TPSA) is 0 Å². The van der Waals surface area contributed by atoms with E-state index >= 15 is 0 Å². The minimum absolute atomic E-state index is 0.896. The smallest absolute Gasteiger partial charge is 0.0302 e. The van der Waals surface area contributed by atoms with Gasteiger partial charge in [0.1, 0.15) is 0 Å².